The number of ether oxygens (including phenoxy) is 4. The van der Waals surface area contributed by atoms with E-state index in [-0.39, 0.29) is 25.7 Å². The summed E-state index contributed by atoms with van der Waals surface area (Å²) in [7, 11) is -9.94. The second kappa shape index (κ2) is 85.5. The summed E-state index contributed by atoms with van der Waals surface area (Å²) in [4.78, 5) is 73.5. The number of esters is 4. The van der Waals surface area contributed by atoms with Gasteiger partial charge in [-0.25, -0.2) is 9.13 Å². The standard InChI is InChI=1S/C93H182O17P2/c1-6-9-12-15-18-21-24-27-30-33-35-37-39-41-44-46-49-52-55-61-66-71-76-90(95)103-82-88(109-92(97)78-74-69-64-57-54-51-48-45-42-40-38-36-34-31-28-25-22-19-16-13-10-7-2)84-107-111(99,100)105-80-87(94)81-106-112(101,102)108-85-89(83-104-91(96)77-72-67-62-59-58-60-65-70-75-86(4)5)110-93(98)79-73-68-63-56-53-50-47-43-32-29-26-23-20-17-14-11-8-3/h86-89,94H,6-85H2,1-5H3,(H,99,100)(H,101,102)/t87-,88-,89-/m1/s1. The Bertz CT molecular complexity index is 2120. The molecule has 0 rings (SSSR count). The van der Waals surface area contributed by atoms with Crippen molar-refractivity contribution in [3.63, 3.8) is 0 Å². The van der Waals surface area contributed by atoms with Crippen molar-refractivity contribution in [1.82, 2.24) is 0 Å². The average molecular weight is 1630 g/mol. The quantitative estimate of drug-likeness (QED) is 0.0222. The van der Waals surface area contributed by atoms with E-state index in [0.717, 1.165) is 95.8 Å². The molecule has 2 unspecified atom stereocenters. The van der Waals surface area contributed by atoms with Crippen LogP contribution in [0.1, 0.15) is 510 Å². The minimum Gasteiger partial charge on any atom is -0.462 e. The van der Waals surface area contributed by atoms with Crippen LogP contribution in [0.2, 0.25) is 0 Å². The van der Waals surface area contributed by atoms with Crippen LogP contribution >= 0.6 is 15.6 Å². The van der Waals surface area contributed by atoms with E-state index in [4.69, 9.17) is 37.0 Å². The summed E-state index contributed by atoms with van der Waals surface area (Å²) >= 11 is 0. The highest BCUT2D eigenvalue weighted by Gasteiger charge is 2.31. The van der Waals surface area contributed by atoms with Gasteiger partial charge in [0.15, 0.2) is 12.2 Å². The van der Waals surface area contributed by atoms with Crippen molar-refractivity contribution in [1.29, 1.82) is 0 Å². The van der Waals surface area contributed by atoms with Crippen molar-refractivity contribution < 1.29 is 80.2 Å². The normalized spacial score (nSPS) is 13.7. The first-order chi connectivity index (χ1) is 54.5. The molecule has 666 valence electrons. The SMILES string of the molecule is CCCCCCCCCCCCCCCCCCCCCCCCC(=O)OC[C@H](COP(=O)(O)OC[C@@H](O)COP(=O)(O)OC[C@@H](COC(=O)CCCCCCCCCCC(C)C)OC(=O)CCCCCCCCCCCCCCCCCCC)OC(=O)CCCCCCCCCCCCCCCCCCCCCCCC. The van der Waals surface area contributed by atoms with Crippen LogP contribution in [-0.4, -0.2) is 96.7 Å². The molecule has 0 aromatic rings. The van der Waals surface area contributed by atoms with E-state index in [1.54, 1.807) is 0 Å². The molecular weight excluding hydrogens is 1450 g/mol. The van der Waals surface area contributed by atoms with Gasteiger partial charge in [0.1, 0.15) is 19.3 Å². The zero-order chi connectivity index (χ0) is 81.8. The second-order valence-electron chi connectivity index (χ2n) is 33.9. The topological polar surface area (TPSA) is 237 Å². The van der Waals surface area contributed by atoms with Gasteiger partial charge in [-0.1, -0.05) is 458 Å². The molecule has 17 nitrogen and oxygen atoms in total. The highest BCUT2D eigenvalue weighted by Crippen LogP contribution is 2.45. The highest BCUT2D eigenvalue weighted by atomic mass is 31.2. The molecule has 5 atom stereocenters. The van der Waals surface area contributed by atoms with Gasteiger partial charge < -0.3 is 33.8 Å². The van der Waals surface area contributed by atoms with E-state index >= 15 is 0 Å². The number of hydrogen-bond acceptors (Lipinski definition) is 15. The minimum atomic E-state index is -4.97. The molecule has 0 heterocycles. The molecule has 0 amide bonds. The molecule has 0 fully saturated rings. The van der Waals surface area contributed by atoms with Crippen LogP contribution in [0.25, 0.3) is 0 Å². The van der Waals surface area contributed by atoms with E-state index < -0.39 is 97.5 Å². The lowest BCUT2D eigenvalue weighted by atomic mass is 10.0. The van der Waals surface area contributed by atoms with Crippen LogP contribution < -0.4 is 0 Å². The van der Waals surface area contributed by atoms with Crippen molar-refractivity contribution in [2.24, 2.45) is 5.92 Å². The molecule has 0 aliphatic heterocycles. The van der Waals surface area contributed by atoms with Gasteiger partial charge in [-0.05, 0) is 31.6 Å². The Morgan fingerprint density at radius 3 is 0.607 bits per heavy atom. The van der Waals surface area contributed by atoms with Crippen molar-refractivity contribution in [2.75, 3.05) is 39.6 Å². The number of unbranched alkanes of at least 4 members (excludes halogenated alkanes) is 65. The third kappa shape index (κ3) is 85.9. The first-order valence-corrected chi connectivity index (χ1v) is 51.1. The van der Waals surface area contributed by atoms with Gasteiger partial charge in [-0.2, -0.15) is 0 Å². The molecule has 0 spiro atoms. The van der Waals surface area contributed by atoms with Crippen molar-refractivity contribution in [2.45, 2.75) is 528 Å². The molecule has 0 aromatic carbocycles. The lowest BCUT2D eigenvalue weighted by Crippen LogP contribution is -2.30. The zero-order valence-electron chi connectivity index (χ0n) is 73.8. The van der Waals surface area contributed by atoms with E-state index in [1.807, 2.05) is 0 Å². The van der Waals surface area contributed by atoms with Gasteiger partial charge in [-0.15, -0.1) is 0 Å². The van der Waals surface area contributed by atoms with Gasteiger partial charge in [0, 0.05) is 25.7 Å². The molecule has 0 radical (unpaired) electrons. The Morgan fingerprint density at radius 1 is 0.241 bits per heavy atom. The number of rotatable bonds is 93. The smallest absolute Gasteiger partial charge is 0.462 e. The first kappa shape index (κ1) is 110. The molecule has 0 bridgehead atoms. The predicted octanol–water partition coefficient (Wildman–Crippen LogP) is 29.1. The van der Waals surface area contributed by atoms with Gasteiger partial charge >= 0.3 is 39.5 Å². The summed E-state index contributed by atoms with van der Waals surface area (Å²) in [6.45, 7) is 7.37. The number of hydrogen-bond donors (Lipinski definition) is 3. The summed E-state index contributed by atoms with van der Waals surface area (Å²) in [5, 5.41) is 10.7. The third-order valence-electron chi connectivity index (χ3n) is 22.0. The maximum atomic E-state index is 13.2. The van der Waals surface area contributed by atoms with E-state index in [9.17, 15) is 43.2 Å². The van der Waals surface area contributed by atoms with Crippen LogP contribution in [0.3, 0.4) is 0 Å². The number of phosphoric ester groups is 2. The Hall–Kier alpha value is -1.94. The summed E-state index contributed by atoms with van der Waals surface area (Å²) in [6.07, 6.45) is 82.3. The molecule has 0 aliphatic rings. The summed E-state index contributed by atoms with van der Waals surface area (Å²) in [5.41, 5.74) is 0. The number of carbonyl (C=O) groups is 4. The lowest BCUT2D eigenvalue weighted by Gasteiger charge is -2.21. The van der Waals surface area contributed by atoms with Crippen LogP contribution in [-0.2, 0) is 65.4 Å². The van der Waals surface area contributed by atoms with Gasteiger partial charge in [0.25, 0.3) is 0 Å². The fourth-order valence-corrected chi connectivity index (χ4v) is 16.3. The fourth-order valence-electron chi connectivity index (χ4n) is 14.7. The molecule has 0 saturated carbocycles. The Labute approximate surface area is 689 Å². The van der Waals surface area contributed by atoms with Crippen LogP contribution in [0.15, 0.2) is 0 Å². The number of carbonyl (C=O) groups excluding carboxylic acids is 4. The van der Waals surface area contributed by atoms with E-state index in [2.05, 4.69) is 34.6 Å². The third-order valence-corrected chi connectivity index (χ3v) is 23.9. The van der Waals surface area contributed by atoms with Gasteiger partial charge in [-0.3, -0.25) is 37.3 Å². The number of aliphatic hydroxyl groups excluding tert-OH is 1. The summed E-state index contributed by atoms with van der Waals surface area (Å²) in [6, 6.07) is 0. The average Bonchev–Trinajstić information content (AvgIpc) is 0.900. The zero-order valence-corrected chi connectivity index (χ0v) is 75.6. The molecular formula is C93H182O17P2. The highest BCUT2D eigenvalue weighted by molar-refractivity contribution is 7.47. The minimum absolute atomic E-state index is 0.109. The van der Waals surface area contributed by atoms with Crippen LogP contribution in [0.5, 0.6) is 0 Å². The van der Waals surface area contributed by atoms with E-state index in [0.29, 0.717) is 25.7 Å². The largest absolute Gasteiger partial charge is 0.472 e. The Morgan fingerprint density at radius 2 is 0.411 bits per heavy atom. The summed E-state index contributed by atoms with van der Waals surface area (Å²) < 4.78 is 69.1. The first-order valence-electron chi connectivity index (χ1n) is 48.1. The Balaban J connectivity index is 5.22. The molecule has 0 aliphatic carbocycles. The molecule has 3 N–H and O–H groups in total. The van der Waals surface area contributed by atoms with Crippen molar-refractivity contribution >= 4 is 39.5 Å². The molecule has 19 heteroatoms. The monoisotopic (exact) mass is 1630 g/mol. The number of phosphoric acid groups is 2. The maximum absolute atomic E-state index is 13.2. The molecule has 112 heavy (non-hydrogen) atoms. The van der Waals surface area contributed by atoms with Gasteiger partial charge in [0.05, 0.1) is 26.4 Å². The molecule has 0 aromatic heterocycles. The lowest BCUT2D eigenvalue weighted by molar-refractivity contribution is -0.161. The summed E-state index contributed by atoms with van der Waals surface area (Å²) in [5.74, 6) is -1.37. The van der Waals surface area contributed by atoms with Crippen molar-refractivity contribution in [3.8, 4) is 0 Å². The van der Waals surface area contributed by atoms with E-state index in [1.165, 1.54) is 334 Å². The van der Waals surface area contributed by atoms with Crippen LogP contribution in [0, 0.1) is 5.92 Å². The Kier molecular flexibility index (Phi) is 84.0. The van der Waals surface area contributed by atoms with Gasteiger partial charge in [0.2, 0.25) is 0 Å². The maximum Gasteiger partial charge on any atom is 0.472 e. The second-order valence-corrected chi connectivity index (χ2v) is 36.8. The number of aliphatic hydroxyl groups is 1. The molecule has 0 saturated heterocycles. The van der Waals surface area contributed by atoms with Crippen molar-refractivity contribution in [3.05, 3.63) is 0 Å². The predicted molar refractivity (Wildman–Crippen MR) is 465 cm³/mol. The van der Waals surface area contributed by atoms with Crippen LogP contribution in [0.4, 0.5) is 0 Å². The fraction of sp³-hybridized carbons (Fsp3) is 0.957.